The maximum absolute atomic E-state index is 11.5. The van der Waals surface area contributed by atoms with Gasteiger partial charge in [-0.2, -0.15) is 0 Å². The molecule has 0 saturated heterocycles. The van der Waals surface area contributed by atoms with E-state index >= 15 is 0 Å². The van der Waals surface area contributed by atoms with Crippen molar-refractivity contribution in [2.45, 2.75) is 39.2 Å². The number of nitrogens with two attached hydrogens (primary N) is 2. The molecule has 6 N–H and O–H groups in total. The molecule has 0 radical (unpaired) electrons. The van der Waals surface area contributed by atoms with Gasteiger partial charge < -0.3 is 15.4 Å². The van der Waals surface area contributed by atoms with Crippen molar-refractivity contribution in [1.82, 2.24) is 5.32 Å². The van der Waals surface area contributed by atoms with E-state index in [9.17, 15) is 4.79 Å². The summed E-state index contributed by atoms with van der Waals surface area (Å²) in [5, 5.41) is 5.57. The SMILES string of the molecule is CC(C)(C)OC(=O)NCc1cccc(NC(N)N)c1. The molecule has 1 aromatic carbocycles. The second-order valence-corrected chi connectivity index (χ2v) is 5.23. The summed E-state index contributed by atoms with van der Waals surface area (Å²) >= 11 is 0. The molecule has 0 aliphatic carbocycles. The van der Waals surface area contributed by atoms with Crippen LogP contribution in [0, 0.1) is 0 Å². The van der Waals surface area contributed by atoms with E-state index in [2.05, 4.69) is 10.6 Å². The molecule has 0 heterocycles. The third-order valence-corrected chi connectivity index (χ3v) is 2.10. The predicted octanol–water partition coefficient (Wildman–Crippen LogP) is 1.32. The topological polar surface area (TPSA) is 102 Å². The van der Waals surface area contributed by atoms with Gasteiger partial charge in [-0.15, -0.1) is 0 Å². The van der Waals surface area contributed by atoms with Crippen molar-refractivity contribution >= 4 is 11.8 Å². The van der Waals surface area contributed by atoms with Crippen LogP contribution in [-0.4, -0.2) is 18.0 Å². The fourth-order valence-corrected chi connectivity index (χ4v) is 1.45. The van der Waals surface area contributed by atoms with Gasteiger partial charge >= 0.3 is 6.09 Å². The lowest BCUT2D eigenvalue weighted by atomic mass is 10.2. The number of rotatable bonds is 4. The lowest BCUT2D eigenvalue weighted by Crippen LogP contribution is -2.38. The van der Waals surface area contributed by atoms with E-state index in [1.54, 1.807) is 0 Å². The summed E-state index contributed by atoms with van der Waals surface area (Å²) in [5.41, 5.74) is 12.1. The van der Waals surface area contributed by atoms with Crippen LogP contribution in [0.15, 0.2) is 24.3 Å². The maximum Gasteiger partial charge on any atom is 0.407 e. The Morgan fingerprint density at radius 1 is 1.37 bits per heavy atom. The van der Waals surface area contributed by atoms with Gasteiger partial charge in [0, 0.05) is 12.2 Å². The van der Waals surface area contributed by atoms with Crippen molar-refractivity contribution < 1.29 is 9.53 Å². The monoisotopic (exact) mass is 266 g/mol. The Hall–Kier alpha value is -1.79. The molecule has 0 unspecified atom stereocenters. The molecule has 106 valence electrons. The van der Waals surface area contributed by atoms with Crippen LogP contribution in [0.25, 0.3) is 0 Å². The van der Waals surface area contributed by atoms with Gasteiger partial charge in [-0.05, 0) is 38.5 Å². The highest BCUT2D eigenvalue weighted by molar-refractivity contribution is 5.67. The Morgan fingerprint density at radius 2 is 2.05 bits per heavy atom. The number of ether oxygens (including phenoxy) is 1. The van der Waals surface area contributed by atoms with Crippen LogP contribution in [-0.2, 0) is 11.3 Å². The lowest BCUT2D eigenvalue weighted by Gasteiger charge is -2.19. The normalized spacial score (nSPS) is 11.3. The summed E-state index contributed by atoms with van der Waals surface area (Å²) in [6.07, 6.45) is -1.06. The van der Waals surface area contributed by atoms with Crippen molar-refractivity contribution in [3.05, 3.63) is 29.8 Å². The van der Waals surface area contributed by atoms with E-state index in [1.165, 1.54) is 0 Å². The van der Waals surface area contributed by atoms with Crippen molar-refractivity contribution in [3.8, 4) is 0 Å². The number of hydrogen-bond acceptors (Lipinski definition) is 5. The van der Waals surface area contributed by atoms with Gasteiger partial charge in [0.2, 0.25) is 0 Å². The van der Waals surface area contributed by atoms with Crippen LogP contribution < -0.4 is 22.1 Å². The Morgan fingerprint density at radius 3 is 2.63 bits per heavy atom. The fourth-order valence-electron chi connectivity index (χ4n) is 1.45. The number of amides is 1. The molecule has 0 atom stereocenters. The summed E-state index contributed by atoms with van der Waals surface area (Å²) in [7, 11) is 0. The second kappa shape index (κ2) is 6.40. The number of alkyl carbamates (subject to hydrolysis) is 1. The van der Waals surface area contributed by atoms with Crippen LogP contribution in [0.5, 0.6) is 0 Å². The zero-order valence-corrected chi connectivity index (χ0v) is 11.6. The van der Waals surface area contributed by atoms with Crippen LogP contribution in [0.1, 0.15) is 26.3 Å². The number of carbonyl (C=O) groups is 1. The second-order valence-electron chi connectivity index (χ2n) is 5.23. The minimum absolute atomic E-state index is 0.379. The van der Waals surface area contributed by atoms with Crippen molar-refractivity contribution in [1.29, 1.82) is 0 Å². The Balaban J connectivity index is 2.51. The smallest absolute Gasteiger partial charge is 0.407 e. The predicted molar refractivity (Wildman–Crippen MR) is 75.3 cm³/mol. The van der Waals surface area contributed by atoms with Gasteiger partial charge in [-0.1, -0.05) is 12.1 Å². The number of nitrogens with one attached hydrogen (secondary N) is 2. The molecule has 0 bridgehead atoms. The minimum atomic E-state index is -0.617. The molecule has 6 nitrogen and oxygen atoms in total. The van der Waals surface area contributed by atoms with E-state index < -0.39 is 18.0 Å². The molecule has 0 fully saturated rings. The largest absolute Gasteiger partial charge is 0.444 e. The minimum Gasteiger partial charge on any atom is -0.444 e. The quantitative estimate of drug-likeness (QED) is 0.616. The molecule has 1 aromatic rings. The molecule has 0 aliphatic rings. The van der Waals surface area contributed by atoms with Crippen molar-refractivity contribution in [2.75, 3.05) is 5.32 Å². The van der Waals surface area contributed by atoms with Gasteiger partial charge in [-0.25, -0.2) is 4.79 Å². The third kappa shape index (κ3) is 6.64. The molecule has 6 heteroatoms. The zero-order valence-electron chi connectivity index (χ0n) is 11.6. The van der Waals surface area contributed by atoms with Gasteiger partial charge in [0.15, 0.2) is 0 Å². The zero-order chi connectivity index (χ0) is 14.5. The molecule has 0 aromatic heterocycles. The summed E-state index contributed by atoms with van der Waals surface area (Å²) in [6.45, 7) is 5.84. The number of carbonyl (C=O) groups excluding carboxylic acids is 1. The van der Waals surface area contributed by atoms with Crippen LogP contribution in [0.2, 0.25) is 0 Å². The first-order valence-electron chi connectivity index (χ1n) is 6.10. The molecule has 0 aliphatic heterocycles. The molecule has 19 heavy (non-hydrogen) atoms. The van der Waals surface area contributed by atoms with Crippen molar-refractivity contribution in [2.24, 2.45) is 11.5 Å². The first-order chi connectivity index (χ1) is 8.76. The lowest BCUT2D eigenvalue weighted by molar-refractivity contribution is 0.0523. The van der Waals surface area contributed by atoms with Gasteiger partial charge in [-0.3, -0.25) is 11.5 Å². The van der Waals surface area contributed by atoms with E-state index in [0.29, 0.717) is 6.54 Å². The molecule has 1 rings (SSSR count). The fraction of sp³-hybridized carbons (Fsp3) is 0.462. The van der Waals surface area contributed by atoms with Crippen LogP contribution in [0.4, 0.5) is 10.5 Å². The van der Waals surface area contributed by atoms with E-state index in [4.69, 9.17) is 16.2 Å². The Kier molecular flexibility index (Phi) is 5.14. The average Bonchev–Trinajstić information content (AvgIpc) is 2.23. The van der Waals surface area contributed by atoms with E-state index in [0.717, 1.165) is 11.3 Å². The van der Waals surface area contributed by atoms with Gasteiger partial charge in [0.25, 0.3) is 0 Å². The first-order valence-corrected chi connectivity index (χ1v) is 6.10. The highest BCUT2D eigenvalue weighted by Gasteiger charge is 2.15. The summed E-state index contributed by atoms with van der Waals surface area (Å²) in [6, 6.07) is 7.47. The molecule has 0 saturated carbocycles. The Labute approximate surface area is 113 Å². The molecule has 0 spiro atoms. The van der Waals surface area contributed by atoms with Crippen LogP contribution in [0.3, 0.4) is 0 Å². The number of benzene rings is 1. The van der Waals surface area contributed by atoms with Gasteiger partial charge in [0.05, 0.1) is 0 Å². The van der Waals surface area contributed by atoms with Crippen LogP contribution >= 0.6 is 0 Å². The molecular weight excluding hydrogens is 244 g/mol. The Bertz CT molecular complexity index is 427. The van der Waals surface area contributed by atoms with E-state index in [-0.39, 0.29) is 0 Å². The third-order valence-electron chi connectivity index (χ3n) is 2.10. The standard InChI is InChI=1S/C13H22N4O2/c1-13(2,3)19-12(18)16-8-9-5-4-6-10(7-9)17-11(14)15/h4-7,11,17H,8,14-15H2,1-3H3,(H,16,18). The highest BCUT2D eigenvalue weighted by Crippen LogP contribution is 2.11. The molecular formula is C13H22N4O2. The first kappa shape index (κ1) is 15.3. The average molecular weight is 266 g/mol. The summed E-state index contributed by atoms with van der Waals surface area (Å²) < 4.78 is 5.15. The molecule has 1 amide bonds. The van der Waals surface area contributed by atoms with E-state index in [1.807, 2.05) is 45.0 Å². The summed E-state index contributed by atoms with van der Waals surface area (Å²) in [4.78, 5) is 11.5. The number of anilines is 1. The van der Waals surface area contributed by atoms with Gasteiger partial charge in [0.1, 0.15) is 11.9 Å². The van der Waals surface area contributed by atoms with Crippen molar-refractivity contribution in [3.63, 3.8) is 0 Å². The summed E-state index contributed by atoms with van der Waals surface area (Å²) in [5.74, 6) is 0. The maximum atomic E-state index is 11.5. The number of hydrogen-bond donors (Lipinski definition) is 4. The highest BCUT2D eigenvalue weighted by atomic mass is 16.6.